The van der Waals surface area contributed by atoms with Crippen molar-refractivity contribution in [1.82, 2.24) is 15.1 Å². The van der Waals surface area contributed by atoms with Crippen LogP contribution >= 0.6 is 24.8 Å². The molecule has 1 aliphatic heterocycles. The topological polar surface area (TPSA) is 35.6 Å². The first kappa shape index (κ1) is 25.8. The summed E-state index contributed by atoms with van der Waals surface area (Å²) >= 11 is 0. The summed E-state index contributed by atoms with van der Waals surface area (Å²) in [6.07, 6.45) is 7.63. The fourth-order valence-electron chi connectivity index (χ4n) is 7.37. The van der Waals surface area contributed by atoms with Gasteiger partial charge in [0.05, 0.1) is 0 Å². The van der Waals surface area contributed by atoms with Crippen LogP contribution in [0.25, 0.3) is 0 Å². The van der Waals surface area contributed by atoms with Gasteiger partial charge in [-0.25, -0.2) is 0 Å². The molecule has 1 N–H and O–H groups in total. The molecule has 4 bridgehead atoms. The van der Waals surface area contributed by atoms with Gasteiger partial charge in [-0.3, -0.25) is 14.6 Å². The van der Waals surface area contributed by atoms with Crippen molar-refractivity contribution in [1.29, 1.82) is 0 Å². The Balaban J connectivity index is 0.00000144. The van der Waals surface area contributed by atoms with Gasteiger partial charge in [0.15, 0.2) is 0 Å². The van der Waals surface area contributed by atoms with Crippen molar-refractivity contribution in [3.63, 3.8) is 0 Å². The zero-order chi connectivity index (χ0) is 20.8. The molecule has 4 aliphatic carbocycles. The van der Waals surface area contributed by atoms with Gasteiger partial charge >= 0.3 is 0 Å². The van der Waals surface area contributed by atoms with Crippen LogP contribution in [0.1, 0.15) is 57.9 Å². The van der Waals surface area contributed by atoms with Crippen LogP contribution < -0.4 is 5.32 Å². The summed E-state index contributed by atoms with van der Waals surface area (Å²) in [4.78, 5) is 18.6. The lowest BCUT2D eigenvalue weighted by Gasteiger charge is -2.56. The lowest BCUT2D eigenvalue weighted by atomic mass is 9.49. The van der Waals surface area contributed by atoms with Crippen LogP contribution in [0.2, 0.25) is 0 Å². The summed E-state index contributed by atoms with van der Waals surface area (Å²) in [5.41, 5.74) is 1.19. The number of carbonyl (C=O) groups is 1. The van der Waals surface area contributed by atoms with Gasteiger partial charge < -0.3 is 5.32 Å². The number of piperazine rings is 1. The monoisotopic (exact) mass is 481 g/mol. The molecule has 4 saturated carbocycles. The van der Waals surface area contributed by atoms with E-state index >= 15 is 0 Å². The molecule has 0 unspecified atom stereocenters. The van der Waals surface area contributed by atoms with E-state index in [1.807, 2.05) is 0 Å². The summed E-state index contributed by atoms with van der Waals surface area (Å²) in [5, 5.41) is 3.52. The first-order valence-corrected chi connectivity index (χ1v) is 12.2. The minimum absolute atomic E-state index is 0. The highest BCUT2D eigenvalue weighted by Gasteiger charge is 2.55. The van der Waals surface area contributed by atoms with Gasteiger partial charge in [0.1, 0.15) is 0 Å². The van der Waals surface area contributed by atoms with Crippen LogP contribution in [-0.4, -0.2) is 54.0 Å². The maximum atomic E-state index is 13.5. The molecule has 0 radical (unpaired) electrons. The van der Waals surface area contributed by atoms with Gasteiger partial charge in [-0.05, 0) is 75.7 Å². The molecule has 6 rings (SSSR count). The number of nitrogens with one attached hydrogen (secondary N) is 1. The van der Waals surface area contributed by atoms with E-state index in [-0.39, 0.29) is 35.8 Å². The van der Waals surface area contributed by atoms with Gasteiger partial charge in [0, 0.05) is 50.2 Å². The van der Waals surface area contributed by atoms with Crippen LogP contribution in [0.3, 0.4) is 0 Å². The van der Waals surface area contributed by atoms with Crippen molar-refractivity contribution in [3.8, 4) is 0 Å². The highest BCUT2D eigenvalue weighted by atomic mass is 35.5. The zero-order valence-corrected chi connectivity index (χ0v) is 21.4. The summed E-state index contributed by atoms with van der Waals surface area (Å²) in [6.45, 7) is 10.8. The Bertz CT molecular complexity index is 726. The predicted octanol–water partition coefficient (Wildman–Crippen LogP) is 4.76. The zero-order valence-electron chi connectivity index (χ0n) is 19.7. The SMILES string of the molecule is CC(C)(CN1CCN(Cc2ccccc2)CC1)NC(=O)C12CC3CC(CC(C3)C1)C2.Cl.Cl. The highest BCUT2D eigenvalue weighted by molar-refractivity contribution is 5.85. The first-order valence-electron chi connectivity index (χ1n) is 12.2. The number of benzene rings is 1. The normalized spacial score (nSPS) is 32.1. The third kappa shape index (κ3) is 5.63. The van der Waals surface area contributed by atoms with E-state index in [4.69, 9.17) is 0 Å². The molecular formula is C26H41Cl2N3O. The maximum absolute atomic E-state index is 13.5. The second kappa shape index (κ2) is 10.2. The Morgan fingerprint density at radius 2 is 1.41 bits per heavy atom. The summed E-state index contributed by atoms with van der Waals surface area (Å²) in [6, 6.07) is 10.8. The van der Waals surface area contributed by atoms with Gasteiger partial charge in [-0.1, -0.05) is 30.3 Å². The number of rotatable bonds is 6. The van der Waals surface area contributed by atoms with E-state index in [2.05, 4.69) is 59.3 Å². The molecule has 6 heteroatoms. The molecule has 0 aromatic heterocycles. The second-order valence-electron chi connectivity index (χ2n) is 11.6. The molecule has 180 valence electrons. The van der Waals surface area contributed by atoms with Crippen LogP contribution in [0, 0.1) is 23.2 Å². The second-order valence-corrected chi connectivity index (χ2v) is 11.6. The minimum Gasteiger partial charge on any atom is -0.349 e. The van der Waals surface area contributed by atoms with Crippen LogP contribution in [0.5, 0.6) is 0 Å². The van der Waals surface area contributed by atoms with Crippen molar-refractivity contribution < 1.29 is 4.79 Å². The fourth-order valence-corrected chi connectivity index (χ4v) is 7.37. The average Bonchev–Trinajstić information content (AvgIpc) is 2.69. The number of hydrogen-bond acceptors (Lipinski definition) is 3. The van der Waals surface area contributed by atoms with Gasteiger partial charge in [0.25, 0.3) is 0 Å². The first-order chi connectivity index (χ1) is 14.4. The summed E-state index contributed by atoms with van der Waals surface area (Å²) < 4.78 is 0. The van der Waals surface area contributed by atoms with E-state index in [9.17, 15) is 4.79 Å². The van der Waals surface area contributed by atoms with Gasteiger partial charge in [-0.15, -0.1) is 24.8 Å². The fraction of sp³-hybridized carbons (Fsp3) is 0.731. The largest absolute Gasteiger partial charge is 0.349 e. The Kier molecular flexibility index (Phi) is 8.24. The van der Waals surface area contributed by atoms with Crippen LogP contribution in [0.15, 0.2) is 30.3 Å². The van der Waals surface area contributed by atoms with Crippen LogP contribution in [0.4, 0.5) is 0 Å². The number of carbonyl (C=O) groups excluding carboxylic acids is 1. The predicted molar refractivity (Wildman–Crippen MR) is 135 cm³/mol. The van der Waals surface area contributed by atoms with E-state index in [0.717, 1.165) is 76.3 Å². The van der Waals surface area contributed by atoms with Crippen molar-refractivity contribution in [2.45, 2.75) is 64.5 Å². The third-order valence-electron chi connectivity index (χ3n) is 8.30. The smallest absolute Gasteiger partial charge is 0.226 e. The summed E-state index contributed by atoms with van der Waals surface area (Å²) in [5.74, 6) is 2.84. The molecular weight excluding hydrogens is 441 g/mol. The molecule has 5 fully saturated rings. The molecule has 32 heavy (non-hydrogen) atoms. The van der Waals surface area contributed by atoms with Crippen molar-refractivity contribution in [2.75, 3.05) is 32.7 Å². The highest BCUT2D eigenvalue weighted by Crippen LogP contribution is 2.60. The lowest BCUT2D eigenvalue weighted by molar-refractivity contribution is -0.148. The van der Waals surface area contributed by atoms with E-state index < -0.39 is 0 Å². The molecule has 5 aliphatic rings. The Labute approximate surface area is 206 Å². The van der Waals surface area contributed by atoms with Crippen LogP contribution in [-0.2, 0) is 11.3 Å². The van der Waals surface area contributed by atoms with E-state index in [1.54, 1.807) is 0 Å². The molecule has 1 aromatic rings. The van der Waals surface area contributed by atoms with Crippen molar-refractivity contribution in [2.24, 2.45) is 23.2 Å². The molecule has 0 atom stereocenters. The van der Waals surface area contributed by atoms with Crippen molar-refractivity contribution in [3.05, 3.63) is 35.9 Å². The van der Waals surface area contributed by atoms with E-state index in [1.165, 1.54) is 24.8 Å². The molecule has 1 heterocycles. The summed E-state index contributed by atoms with van der Waals surface area (Å²) in [7, 11) is 0. The molecule has 0 spiro atoms. The maximum Gasteiger partial charge on any atom is 0.226 e. The Hall–Kier alpha value is -0.810. The standard InChI is InChI=1S/C26H39N3O.2ClH/c1-25(2,19-29-10-8-28(9-11-29)18-20-6-4-3-5-7-20)27-24(30)26-15-21-12-22(16-26)14-23(13-21)17-26;;/h3-7,21-23H,8-19H2,1-2H3,(H,27,30);2*1H. The number of halogens is 2. The Morgan fingerprint density at radius 3 is 1.94 bits per heavy atom. The van der Waals surface area contributed by atoms with Crippen molar-refractivity contribution >= 4 is 30.7 Å². The molecule has 4 nitrogen and oxygen atoms in total. The number of amides is 1. The average molecular weight is 483 g/mol. The lowest BCUT2D eigenvalue weighted by Crippen LogP contribution is -2.60. The Morgan fingerprint density at radius 1 is 0.906 bits per heavy atom. The van der Waals surface area contributed by atoms with Gasteiger partial charge in [0.2, 0.25) is 5.91 Å². The number of nitrogens with zero attached hydrogens (tertiary/aromatic N) is 2. The molecule has 1 saturated heterocycles. The minimum atomic E-state index is -0.165. The van der Waals surface area contributed by atoms with E-state index in [0.29, 0.717) is 5.91 Å². The molecule has 1 aromatic carbocycles. The van der Waals surface area contributed by atoms with Gasteiger partial charge in [-0.2, -0.15) is 0 Å². The third-order valence-corrected chi connectivity index (χ3v) is 8.30. The quantitative estimate of drug-likeness (QED) is 0.635. The molecule has 1 amide bonds. The number of hydrogen-bond donors (Lipinski definition) is 1.